The Balaban J connectivity index is 1.56. The number of hydrogen-bond donors (Lipinski definition) is 1. The van der Waals surface area contributed by atoms with E-state index in [9.17, 15) is 4.79 Å². The van der Waals surface area contributed by atoms with Crippen LogP contribution in [0.3, 0.4) is 0 Å². The highest BCUT2D eigenvalue weighted by atomic mass is 32.1. The molecular weight excluding hydrogens is 278 g/mol. The molecule has 0 aliphatic carbocycles. The van der Waals surface area contributed by atoms with E-state index in [1.165, 1.54) is 5.56 Å². The van der Waals surface area contributed by atoms with Crippen molar-refractivity contribution in [2.24, 2.45) is 0 Å². The van der Waals surface area contributed by atoms with Crippen LogP contribution < -0.4 is 5.73 Å². The standard InChI is InChI=1S/C12H15N5O2S/c13-11-10(14-19-15-11)12(18)17-4-2-16(3-5-17)7-9-1-6-20-8-9/h1,6,8H,2-5,7H2,(H2,13,15). The minimum atomic E-state index is -0.209. The van der Waals surface area contributed by atoms with Gasteiger partial charge in [-0.15, -0.1) is 0 Å². The third-order valence-electron chi connectivity index (χ3n) is 3.36. The molecule has 1 amide bonds. The molecule has 1 aliphatic heterocycles. The van der Waals surface area contributed by atoms with Crippen LogP contribution in [-0.2, 0) is 6.54 Å². The molecule has 1 saturated heterocycles. The minimum absolute atomic E-state index is 0.0516. The summed E-state index contributed by atoms with van der Waals surface area (Å²) in [5.41, 5.74) is 6.97. The van der Waals surface area contributed by atoms with Gasteiger partial charge in [0.2, 0.25) is 11.5 Å². The maximum Gasteiger partial charge on any atom is 0.280 e. The highest BCUT2D eigenvalue weighted by Crippen LogP contribution is 2.14. The van der Waals surface area contributed by atoms with Gasteiger partial charge < -0.3 is 10.6 Å². The van der Waals surface area contributed by atoms with Crippen LogP contribution in [0.5, 0.6) is 0 Å². The van der Waals surface area contributed by atoms with Crippen molar-refractivity contribution in [3.63, 3.8) is 0 Å². The number of carbonyl (C=O) groups is 1. The lowest BCUT2D eigenvalue weighted by molar-refractivity contribution is 0.0619. The Morgan fingerprint density at radius 3 is 2.75 bits per heavy atom. The maximum atomic E-state index is 12.2. The van der Waals surface area contributed by atoms with Gasteiger partial charge in [-0.25, -0.2) is 4.63 Å². The van der Waals surface area contributed by atoms with E-state index >= 15 is 0 Å². The first kappa shape index (κ1) is 13.1. The van der Waals surface area contributed by atoms with Gasteiger partial charge >= 0.3 is 0 Å². The van der Waals surface area contributed by atoms with Gasteiger partial charge in [-0.3, -0.25) is 9.69 Å². The first-order chi connectivity index (χ1) is 9.74. The van der Waals surface area contributed by atoms with Crippen LogP contribution in [0.1, 0.15) is 16.1 Å². The molecule has 106 valence electrons. The topological polar surface area (TPSA) is 88.5 Å². The molecule has 1 aliphatic rings. The predicted octanol–water partition coefficient (Wildman–Crippen LogP) is 0.671. The summed E-state index contributed by atoms with van der Waals surface area (Å²) in [4.78, 5) is 16.2. The summed E-state index contributed by atoms with van der Waals surface area (Å²) in [6.45, 7) is 3.93. The Morgan fingerprint density at radius 2 is 2.15 bits per heavy atom. The molecule has 8 heteroatoms. The zero-order valence-corrected chi connectivity index (χ0v) is 11.7. The van der Waals surface area contributed by atoms with Crippen molar-refractivity contribution in [1.82, 2.24) is 20.1 Å². The monoisotopic (exact) mass is 293 g/mol. The summed E-state index contributed by atoms with van der Waals surface area (Å²) in [6.07, 6.45) is 0. The largest absolute Gasteiger partial charge is 0.379 e. The average Bonchev–Trinajstić information content (AvgIpc) is 3.10. The second-order valence-electron chi connectivity index (χ2n) is 4.70. The molecule has 3 heterocycles. The fourth-order valence-corrected chi connectivity index (χ4v) is 2.90. The van der Waals surface area contributed by atoms with Crippen molar-refractivity contribution in [1.29, 1.82) is 0 Å². The zero-order valence-electron chi connectivity index (χ0n) is 10.9. The molecule has 2 aromatic rings. The number of anilines is 1. The summed E-state index contributed by atoms with van der Waals surface area (Å²) in [5, 5.41) is 11.2. The quantitative estimate of drug-likeness (QED) is 0.895. The van der Waals surface area contributed by atoms with Gasteiger partial charge in [0.05, 0.1) is 0 Å². The molecule has 2 aromatic heterocycles. The Bertz CT molecular complexity index is 574. The number of rotatable bonds is 3. The van der Waals surface area contributed by atoms with E-state index in [-0.39, 0.29) is 17.4 Å². The zero-order chi connectivity index (χ0) is 13.9. The molecule has 0 unspecified atom stereocenters. The van der Waals surface area contributed by atoms with Crippen LogP contribution in [0.2, 0.25) is 0 Å². The van der Waals surface area contributed by atoms with Gasteiger partial charge in [-0.1, -0.05) is 0 Å². The third kappa shape index (κ3) is 2.66. The molecule has 0 spiro atoms. The number of thiophene rings is 1. The summed E-state index contributed by atoms with van der Waals surface area (Å²) in [7, 11) is 0. The maximum absolute atomic E-state index is 12.2. The fraction of sp³-hybridized carbons (Fsp3) is 0.417. The number of carbonyl (C=O) groups excluding carboxylic acids is 1. The number of aromatic nitrogens is 2. The summed E-state index contributed by atoms with van der Waals surface area (Å²) < 4.78 is 4.47. The van der Waals surface area contributed by atoms with E-state index in [1.54, 1.807) is 16.2 Å². The van der Waals surface area contributed by atoms with Gasteiger partial charge in [-0.2, -0.15) is 11.3 Å². The number of nitrogen functional groups attached to an aromatic ring is 1. The van der Waals surface area contributed by atoms with Crippen LogP contribution in [0.15, 0.2) is 21.5 Å². The second-order valence-corrected chi connectivity index (χ2v) is 5.48. The van der Waals surface area contributed by atoms with E-state index in [4.69, 9.17) is 5.73 Å². The molecule has 3 rings (SSSR count). The molecule has 0 aromatic carbocycles. The van der Waals surface area contributed by atoms with E-state index < -0.39 is 0 Å². The normalized spacial score (nSPS) is 16.5. The van der Waals surface area contributed by atoms with E-state index in [2.05, 4.69) is 36.7 Å². The lowest BCUT2D eigenvalue weighted by Crippen LogP contribution is -2.48. The van der Waals surface area contributed by atoms with Crippen molar-refractivity contribution < 1.29 is 9.42 Å². The number of nitrogens with zero attached hydrogens (tertiary/aromatic N) is 4. The van der Waals surface area contributed by atoms with Crippen LogP contribution in [-0.4, -0.2) is 52.2 Å². The summed E-state index contributed by atoms with van der Waals surface area (Å²) >= 11 is 1.70. The van der Waals surface area contributed by atoms with Gasteiger partial charge in [0.1, 0.15) is 0 Å². The number of nitrogens with two attached hydrogens (primary N) is 1. The lowest BCUT2D eigenvalue weighted by Gasteiger charge is -2.34. The third-order valence-corrected chi connectivity index (χ3v) is 4.09. The molecule has 7 nitrogen and oxygen atoms in total. The van der Waals surface area contributed by atoms with Gasteiger partial charge in [0.25, 0.3) is 5.91 Å². The van der Waals surface area contributed by atoms with Crippen molar-refractivity contribution in [2.45, 2.75) is 6.54 Å². The Labute approximate surface area is 119 Å². The fourth-order valence-electron chi connectivity index (χ4n) is 2.24. The minimum Gasteiger partial charge on any atom is -0.379 e. The molecule has 20 heavy (non-hydrogen) atoms. The van der Waals surface area contributed by atoms with Gasteiger partial charge in [0.15, 0.2) is 0 Å². The van der Waals surface area contributed by atoms with Crippen LogP contribution in [0.25, 0.3) is 0 Å². The number of hydrogen-bond acceptors (Lipinski definition) is 7. The van der Waals surface area contributed by atoms with Crippen molar-refractivity contribution >= 4 is 23.1 Å². The lowest BCUT2D eigenvalue weighted by atomic mass is 10.2. The van der Waals surface area contributed by atoms with E-state index in [0.29, 0.717) is 13.1 Å². The van der Waals surface area contributed by atoms with Crippen LogP contribution in [0, 0.1) is 0 Å². The summed E-state index contributed by atoms with van der Waals surface area (Å²) in [6, 6.07) is 2.13. The van der Waals surface area contributed by atoms with Crippen molar-refractivity contribution in [3.05, 3.63) is 28.1 Å². The number of piperazine rings is 1. The molecule has 0 saturated carbocycles. The van der Waals surface area contributed by atoms with Gasteiger partial charge in [0, 0.05) is 32.7 Å². The van der Waals surface area contributed by atoms with Gasteiger partial charge in [-0.05, 0) is 32.7 Å². The first-order valence-corrected chi connectivity index (χ1v) is 7.29. The highest BCUT2D eigenvalue weighted by molar-refractivity contribution is 7.07. The highest BCUT2D eigenvalue weighted by Gasteiger charge is 2.26. The number of amides is 1. The molecule has 0 atom stereocenters. The average molecular weight is 293 g/mol. The smallest absolute Gasteiger partial charge is 0.280 e. The molecule has 2 N–H and O–H groups in total. The van der Waals surface area contributed by atoms with Crippen molar-refractivity contribution in [3.8, 4) is 0 Å². The predicted molar refractivity (Wildman–Crippen MR) is 74.2 cm³/mol. The van der Waals surface area contributed by atoms with Crippen molar-refractivity contribution in [2.75, 3.05) is 31.9 Å². The second kappa shape index (κ2) is 5.59. The van der Waals surface area contributed by atoms with Crippen LogP contribution >= 0.6 is 11.3 Å². The molecular formula is C12H15N5O2S. The van der Waals surface area contributed by atoms with Crippen LogP contribution in [0.4, 0.5) is 5.82 Å². The molecule has 0 radical (unpaired) electrons. The first-order valence-electron chi connectivity index (χ1n) is 6.35. The van der Waals surface area contributed by atoms with E-state index in [1.807, 2.05) is 0 Å². The van der Waals surface area contributed by atoms with E-state index in [0.717, 1.165) is 19.6 Å². The Kier molecular flexibility index (Phi) is 3.66. The molecule has 0 bridgehead atoms. The SMILES string of the molecule is Nc1nonc1C(=O)N1CCN(Cc2ccsc2)CC1. The summed E-state index contributed by atoms with van der Waals surface area (Å²) in [5.74, 6) is -0.158. The Morgan fingerprint density at radius 1 is 1.35 bits per heavy atom. The molecule has 1 fully saturated rings. The Hall–Kier alpha value is -1.93.